The van der Waals surface area contributed by atoms with E-state index in [2.05, 4.69) is 10.4 Å². The van der Waals surface area contributed by atoms with Gasteiger partial charge < -0.3 is 10.1 Å². The van der Waals surface area contributed by atoms with Crippen molar-refractivity contribution < 1.29 is 9.53 Å². The lowest BCUT2D eigenvalue weighted by molar-refractivity contribution is 0.102. The van der Waals surface area contributed by atoms with Crippen molar-refractivity contribution in [1.29, 1.82) is 0 Å². The molecule has 0 atom stereocenters. The molecule has 29 heavy (non-hydrogen) atoms. The minimum atomic E-state index is -0.125. The molecule has 0 saturated heterocycles. The van der Waals surface area contributed by atoms with Gasteiger partial charge in [-0.2, -0.15) is 5.10 Å². The molecule has 0 unspecified atom stereocenters. The summed E-state index contributed by atoms with van der Waals surface area (Å²) in [6, 6.07) is 9.61. The second-order valence-electron chi connectivity index (χ2n) is 8.28. The average Bonchev–Trinajstić information content (AvgIpc) is 3.37. The van der Waals surface area contributed by atoms with E-state index in [1.807, 2.05) is 44.3 Å². The van der Waals surface area contributed by atoms with Crippen LogP contribution in [0.15, 0.2) is 30.3 Å². The summed E-state index contributed by atoms with van der Waals surface area (Å²) in [5.74, 6) is 1.20. The Balaban J connectivity index is 1.39. The molecule has 6 heteroatoms. The van der Waals surface area contributed by atoms with Gasteiger partial charge in [0.15, 0.2) is 5.65 Å². The Morgan fingerprint density at radius 1 is 1.14 bits per heavy atom. The number of pyridine rings is 1. The minimum Gasteiger partial charge on any atom is -0.490 e. The molecule has 0 bridgehead atoms. The number of aryl methyl sites for hydroxylation is 2. The van der Waals surface area contributed by atoms with Crippen molar-refractivity contribution in [2.24, 2.45) is 7.05 Å². The number of nitrogens with zero attached hydrogens (tertiary/aromatic N) is 3. The second-order valence-corrected chi connectivity index (χ2v) is 8.28. The number of hydrogen-bond donors (Lipinski definition) is 1. The van der Waals surface area contributed by atoms with Crippen molar-refractivity contribution in [3.8, 4) is 5.75 Å². The van der Waals surface area contributed by atoms with Crippen molar-refractivity contribution in [2.45, 2.75) is 57.5 Å². The Labute approximate surface area is 170 Å². The minimum absolute atomic E-state index is 0.125. The van der Waals surface area contributed by atoms with Crippen LogP contribution >= 0.6 is 0 Å². The van der Waals surface area contributed by atoms with Crippen molar-refractivity contribution in [3.63, 3.8) is 0 Å². The van der Waals surface area contributed by atoms with E-state index in [1.165, 1.54) is 12.8 Å². The standard InChI is InChI=1S/C23H26N4O2/c1-14-21-19(13-20(15-7-8-15)25-22(21)27(2)26-14)23(28)24-16-9-11-18(12-10-16)29-17-5-3-4-6-17/h9-13,15,17H,3-8H2,1-2H3,(H,24,28). The zero-order chi connectivity index (χ0) is 20.0. The lowest BCUT2D eigenvalue weighted by atomic mass is 10.1. The second kappa shape index (κ2) is 7.17. The molecule has 3 aromatic rings. The smallest absolute Gasteiger partial charge is 0.256 e. The number of rotatable bonds is 5. The highest BCUT2D eigenvalue weighted by molar-refractivity contribution is 6.12. The van der Waals surface area contributed by atoms with E-state index >= 15 is 0 Å². The molecule has 6 nitrogen and oxygen atoms in total. The number of carbonyl (C=O) groups is 1. The van der Waals surface area contributed by atoms with Gasteiger partial charge in [0.05, 0.1) is 22.7 Å². The lowest BCUT2D eigenvalue weighted by Gasteiger charge is -2.13. The van der Waals surface area contributed by atoms with Crippen molar-refractivity contribution in [3.05, 3.63) is 47.3 Å². The van der Waals surface area contributed by atoms with Crippen molar-refractivity contribution in [1.82, 2.24) is 14.8 Å². The van der Waals surface area contributed by atoms with E-state index in [9.17, 15) is 4.79 Å². The number of anilines is 1. The molecule has 1 N–H and O–H groups in total. The molecule has 2 fully saturated rings. The highest BCUT2D eigenvalue weighted by atomic mass is 16.5. The van der Waals surface area contributed by atoms with Gasteiger partial charge in [-0.1, -0.05) is 0 Å². The Bertz CT molecular complexity index is 1060. The van der Waals surface area contributed by atoms with E-state index in [0.29, 0.717) is 17.6 Å². The summed E-state index contributed by atoms with van der Waals surface area (Å²) in [6.07, 6.45) is 7.35. The molecule has 150 valence electrons. The van der Waals surface area contributed by atoms with Crippen LogP contribution < -0.4 is 10.1 Å². The van der Waals surface area contributed by atoms with E-state index in [-0.39, 0.29) is 5.91 Å². The van der Waals surface area contributed by atoms with Crippen LogP contribution in [0.5, 0.6) is 5.75 Å². The quantitative estimate of drug-likeness (QED) is 0.684. The lowest BCUT2D eigenvalue weighted by Crippen LogP contribution is -2.14. The van der Waals surface area contributed by atoms with Gasteiger partial charge in [0.2, 0.25) is 0 Å². The zero-order valence-corrected chi connectivity index (χ0v) is 16.9. The number of benzene rings is 1. The van der Waals surface area contributed by atoms with Crippen LogP contribution in [-0.2, 0) is 7.05 Å². The molecule has 2 aliphatic carbocycles. The molecule has 1 aromatic carbocycles. The molecule has 2 heterocycles. The summed E-state index contributed by atoms with van der Waals surface area (Å²) < 4.78 is 7.78. The van der Waals surface area contributed by atoms with Crippen LogP contribution in [-0.4, -0.2) is 26.8 Å². The zero-order valence-electron chi connectivity index (χ0n) is 16.9. The summed E-state index contributed by atoms with van der Waals surface area (Å²) >= 11 is 0. The first-order valence-electron chi connectivity index (χ1n) is 10.5. The summed E-state index contributed by atoms with van der Waals surface area (Å²) in [4.78, 5) is 17.9. The molecule has 0 aliphatic heterocycles. The number of nitrogens with one attached hydrogen (secondary N) is 1. The Kier molecular flexibility index (Phi) is 4.49. The molecule has 5 rings (SSSR count). The number of fused-ring (bicyclic) bond motifs is 1. The van der Waals surface area contributed by atoms with Gasteiger partial charge in [-0.05, 0) is 75.8 Å². The van der Waals surface area contributed by atoms with Crippen LogP contribution in [0.4, 0.5) is 5.69 Å². The molecule has 2 saturated carbocycles. The molecule has 2 aliphatic rings. The number of amides is 1. The Morgan fingerprint density at radius 3 is 2.55 bits per heavy atom. The third kappa shape index (κ3) is 3.59. The number of carbonyl (C=O) groups excluding carboxylic acids is 1. The van der Waals surface area contributed by atoms with Crippen LogP contribution in [0.2, 0.25) is 0 Å². The largest absolute Gasteiger partial charge is 0.490 e. The van der Waals surface area contributed by atoms with Gasteiger partial charge >= 0.3 is 0 Å². The molecule has 2 aromatic heterocycles. The Morgan fingerprint density at radius 2 is 1.86 bits per heavy atom. The fourth-order valence-corrected chi connectivity index (χ4v) is 4.25. The number of ether oxygens (including phenoxy) is 1. The molecule has 0 spiro atoms. The summed E-state index contributed by atoms with van der Waals surface area (Å²) in [6.45, 7) is 1.92. The summed E-state index contributed by atoms with van der Waals surface area (Å²) in [7, 11) is 1.88. The monoisotopic (exact) mass is 390 g/mol. The van der Waals surface area contributed by atoms with Crippen molar-refractivity contribution in [2.75, 3.05) is 5.32 Å². The van der Waals surface area contributed by atoms with Crippen molar-refractivity contribution >= 4 is 22.6 Å². The van der Waals surface area contributed by atoms with Crippen LogP contribution in [0.1, 0.15) is 66.2 Å². The molecular weight excluding hydrogens is 364 g/mol. The van der Waals surface area contributed by atoms with Gasteiger partial charge in [-0.15, -0.1) is 0 Å². The van der Waals surface area contributed by atoms with E-state index in [4.69, 9.17) is 9.72 Å². The third-order valence-electron chi connectivity index (χ3n) is 5.95. The number of aromatic nitrogens is 3. The number of hydrogen-bond acceptors (Lipinski definition) is 4. The summed E-state index contributed by atoms with van der Waals surface area (Å²) in [5, 5.41) is 8.34. The van der Waals surface area contributed by atoms with E-state index in [0.717, 1.165) is 59.5 Å². The highest BCUT2D eigenvalue weighted by Crippen LogP contribution is 2.40. The van der Waals surface area contributed by atoms with Gasteiger partial charge in [-0.25, -0.2) is 4.98 Å². The fourth-order valence-electron chi connectivity index (χ4n) is 4.25. The van der Waals surface area contributed by atoms with Crippen LogP contribution in [0.3, 0.4) is 0 Å². The van der Waals surface area contributed by atoms with Crippen LogP contribution in [0, 0.1) is 6.92 Å². The third-order valence-corrected chi connectivity index (χ3v) is 5.95. The topological polar surface area (TPSA) is 69.0 Å². The normalized spacial score (nSPS) is 17.0. The predicted molar refractivity (Wildman–Crippen MR) is 113 cm³/mol. The van der Waals surface area contributed by atoms with Gasteiger partial charge in [-0.3, -0.25) is 9.48 Å². The first kappa shape index (κ1) is 18.2. The van der Waals surface area contributed by atoms with E-state index in [1.54, 1.807) is 4.68 Å². The van der Waals surface area contributed by atoms with E-state index < -0.39 is 0 Å². The van der Waals surface area contributed by atoms with Crippen LogP contribution in [0.25, 0.3) is 11.0 Å². The average molecular weight is 390 g/mol. The summed E-state index contributed by atoms with van der Waals surface area (Å²) in [5.41, 5.74) is 3.99. The maximum Gasteiger partial charge on any atom is 0.256 e. The van der Waals surface area contributed by atoms with Gasteiger partial charge in [0.1, 0.15) is 5.75 Å². The fraction of sp³-hybridized carbons (Fsp3) is 0.435. The first-order chi connectivity index (χ1) is 14.1. The molecule has 1 amide bonds. The van der Waals surface area contributed by atoms with Gasteiger partial charge in [0.25, 0.3) is 5.91 Å². The molecule has 0 radical (unpaired) electrons. The molecular formula is C23H26N4O2. The van der Waals surface area contributed by atoms with Gasteiger partial charge in [0, 0.05) is 24.3 Å². The first-order valence-corrected chi connectivity index (χ1v) is 10.5. The highest BCUT2D eigenvalue weighted by Gasteiger charge is 2.28. The SMILES string of the molecule is Cc1nn(C)c2nc(C3CC3)cc(C(=O)Nc3ccc(OC4CCCC4)cc3)c12. The maximum absolute atomic E-state index is 13.1. The maximum atomic E-state index is 13.1. The Hall–Kier alpha value is -2.89. The predicted octanol–water partition coefficient (Wildman–Crippen LogP) is 4.73.